The van der Waals surface area contributed by atoms with Crippen molar-refractivity contribution < 1.29 is 9.47 Å². The topological polar surface area (TPSA) is 74.4 Å². The average molecular weight is 365 g/mol. The lowest BCUT2D eigenvalue weighted by atomic mass is 10.2. The van der Waals surface area contributed by atoms with Gasteiger partial charge in [-0.1, -0.05) is 23.5 Å². The second-order valence-electron chi connectivity index (χ2n) is 5.38. The van der Waals surface area contributed by atoms with Gasteiger partial charge >= 0.3 is 0 Å². The van der Waals surface area contributed by atoms with Crippen molar-refractivity contribution in [2.45, 2.75) is 0 Å². The lowest BCUT2D eigenvalue weighted by molar-refractivity contribution is 0.394. The molecule has 0 unspecified atom stereocenters. The Morgan fingerprint density at radius 3 is 2.54 bits per heavy atom. The molecule has 0 aliphatic heterocycles. The van der Waals surface area contributed by atoms with Gasteiger partial charge in [0, 0.05) is 24.0 Å². The van der Waals surface area contributed by atoms with E-state index in [0.717, 1.165) is 16.1 Å². The summed E-state index contributed by atoms with van der Waals surface area (Å²) in [5, 5.41) is 13.9. The molecule has 0 atom stereocenters. The number of benzene rings is 1. The van der Waals surface area contributed by atoms with Crippen LogP contribution in [0, 0.1) is 0 Å². The van der Waals surface area contributed by atoms with Crippen molar-refractivity contribution in [2.75, 3.05) is 14.2 Å². The molecule has 0 saturated heterocycles. The molecule has 4 rings (SSSR count). The Morgan fingerprint density at radius 1 is 1.04 bits per heavy atom. The summed E-state index contributed by atoms with van der Waals surface area (Å²) >= 11 is 1.46. The molecule has 130 valence electrons. The second kappa shape index (κ2) is 6.93. The lowest BCUT2D eigenvalue weighted by Crippen LogP contribution is -1.93. The normalized spacial score (nSPS) is 11.3. The molecular formula is C18H15N5O2S. The lowest BCUT2D eigenvalue weighted by Gasteiger charge is -2.06. The van der Waals surface area contributed by atoms with Crippen molar-refractivity contribution in [3.05, 3.63) is 53.3 Å². The van der Waals surface area contributed by atoms with Crippen LogP contribution in [0.15, 0.2) is 42.7 Å². The summed E-state index contributed by atoms with van der Waals surface area (Å²) in [4.78, 5) is 4.81. The van der Waals surface area contributed by atoms with Gasteiger partial charge in [0.15, 0.2) is 5.82 Å². The molecule has 0 fully saturated rings. The quantitative estimate of drug-likeness (QED) is 0.539. The molecule has 3 aromatic heterocycles. The van der Waals surface area contributed by atoms with Crippen LogP contribution < -0.4 is 9.47 Å². The second-order valence-corrected chi connectivity index (χ2v) is 6.37. The molecule has 0 amide bonds. The first-order chi connectivity index (χ1) is 12.8. The Bertz CT molecular complexity index is 1050. The molecule has 0 spiro atoms. The predicted octanol–water partition coefficient (Wildman–Crippen LogP) is 3.44. The van der Waals surface area contributed by atoms with E-state index in [4.69, 9.17) is 9.47 Å². The molecular weight excluding hydrogens is 350 g/mol. The summed E-state index contributed by atoms with van der Waals surface area (Å²) in [5.74, 6) is 2.00. The molecule has 0 aliphatic rings. The Kier molecular flexibility index (Phi) is 4.32. The van der Waals surface area contributed by atoms with E-state index < -0.39 is 0 Å². The first-order valence-corrected chi connectivity index (χ1v) is 8.62. The molecule has 3 heterocycles. The van der Waals surface area contributed by atoms with Crippen molar-refractivity contribution in [2.24, 2.45) is 0 Å². The first-order valence-electron chi connectivity index (χ1n) is 7.80. The van der Waals surface area contributed by atoms with Gasteiger partial charge in [-0.15, -0.1) is 10.2 Å². The van der Waals surface area contributed by atoms with Crippen LogP contribution in [0.3, 0.4) is 0 Å². The van der Waals surface area contributed by atoms with Gasteiger partial charge in [0.05, 0.1) is 14.2 Å². The number of rotatable bonds is 5. The molecule has 4 aromatic rings. The number of nitrogens with zero attached hydrogens (tertiary/aromatic N) is 5. The van der Waals surface area contributed by atoms with Crippen molar-refractivity contribution in [3.63, 3.8) is 0 Å². The van der Waals surface area contributed by atoms with Crippen LogP contribution in [0.2, 0.25) is 0 Å². The minimum Gasteiger partial charge on any atom is -0.497 e. The van der Waals surface area contributed by atoms with Gasteiger partial charge in [-0.3, -0.25) is 4.98 Å². The molecule has 26 heavy (non-hydrogen) atoms. The fourth-order valence-corrected chi connectivity index (χ4v) is 3.20. The fourth-order valence-electron chi connectivity index (χ4n) is 2.46. The maximum absolute atomic E-state index is 5.33. The third-order valence-electron chi connectivity index (χ3n) is 3.72. The fraction of sp³-hybridized carbons (Fsp3) is 0.111. The highest BCUT2D eigenvalue weighted by Crippen LogP contribution is 2.30. The molecule has 0 N–H and O–H groups in total. The van der Waals surface area contributed by atoms with E-state index in [2.05, 4.69) is 20.3 Å². The van der Waals surface area contributed by atoms with E-state index in [-0.39, 0.29) is 0 Å². The van der Waals surface area contributed by atoms with Crippen LogP contribution in [0.4, 0.5) is 0 Å². The minimum absolute atomic E-state index is 0.634. The van der Waals surface area contributed by atoms with Gasteiger partial charge in [-0.05, 0) is 29.8 Å². The van der Waals surface area contributed by atoms with E-state index in [1.807, 2.05) is 42.5 Å². The van der Waals surface area contributed by atoms with Gasteiger partial charge < -0.3 is 9.47 Å². The summed E-state index contributed by atoms with van der Waals surface area (Å²) < 4.78 is 12.4. The number of methoxy groups -OCH3 is 2. The van der Waals surface area contributed by atoms with E-state index in [0.29, 0.717) is 22.3 Å². The van der Waals surface area contributed by atoms with Crippen LogP contribution in [0.25, 0.3) is 28.5 Å². The highest BCUT2D eigenvalue weighted by atomic mass is 32.1. The number of ether oxygens (including phenoxy) is 2. The Labute approximate surface area is 153 Å². The van der Waals surface area contributed by atoms with Gasteiger partial charge in [0.1, 0.15) is 16.5 Å². The summed E-state index contributed by atoms with van der Waals surface area (Å²) in [7, 11) is 3.23. The zero-order chi connectivity index (χ0) is 17.9. The van der Waals surface area contributed by atoms with E-state index in [9.17, 15) is 0 Å². The number of pyridine rings is 1. The first kappa shape index (κ1) is 16.2. The third-order valence-corrected chi connectivity index (χ3v) is 4.58. The van der Waals surface area contributed by atoms with Crippen molar-refractivity contribution in [3.8, 4) is 22.9 Å². The van der Waals surface area contributed by atoms with Crippen molar-refractivity contribution >= 4 is 28.4 Å². The number of hydrogen-bond donors (Lipinski definition) is 0. The molecule has 0 aliphatic carbocycles. The van der Waals surface area contributed by atoms with E-state index in [1.54, 1.807) is 31.1 Å². The van der Waals surface area contributed by atoms with Gasteiger partial charge in [0.2, 0.25) is 4.96 Å². The zero-order valence-corrected chi connectivity index (χ0v) is 15.0. The summed E-state index contributed by atoms with van der Waals surface area (Å²) in [6, 6.07) is 9.45. The van der Waals surface area contributed by atoms with Crippen LogP contribution >= 0.6 is 11.3 Å². The van der Waals surface area contributed by atoms with Crippen LogP contribution in [0.5, 0.6) is 11.5 Å². The SMILES string of the molecule is COc1cc(OC)cc(-c2nnc3sc(C=Cc4cccnc4)nn23)c1. The maximum Gasteiger partial charge on any atom is 0.235 e. The molecule has 7 nitrogen and oxygen atoms in total. The Morgan fingerprint density at radius 2 is 1.85 bits per heavy atom. The summed E-state index contributed by atoms with van der Waals surface area (Å²) in [5.41, 5.74) is 1.83. The number of aromatic nitrogens is 5. The zero-order valence-electron chi connectivity index (χ0n) is 14.2. The Hall–Kier alpha value is -3.26. The van der Waals surface area contributed by atoms with Crippen molar-refractivity contribution in [1.82, 2.24) is 24.8 Å². The molecule has 0 saturated carbocycles. The molecule has 1 aromatic carbocycles. The third kappa shape index (κ3) is 3.14. The molecule has 0 radical (unpaired) electrons. The van der Waals surface area contributed by atoms with Crippen LogP contribution in [0.1, 0.15) is 10.6 Å². The smallest absolute Gasteiger partial charge is 0.235 e. The minimum atomic E-state index is 0.634. The largest absolute Gasteiger partial charge is 0.497 e. The number of hydrogen-bond acceptors (Lipinski definition) is 7. The van der Waals surface area contributed by atoms with E-state index in [1.165, 1.54) is 11.3 Å². The monoisotopic (exact) mass is 365 g/mol. The van der Waals surface area contributed by atoms with E-state index >= 15 is 0 Å². The van der Waals surface area contributed by atoms with Gasteiger partial charge in [-0.25, -0.2) is 0 Å². The maximum atomic E-state index is 5.33. The van der Waals surface area contributed by atoms with Crippen LogP contribution in [-0.4, -0.2) is 39.0 Å². The molecule has 8 heteroatoms. The highest BCUT2D eigenvalue weighted by molar-refractivity contribution is 7.17. The van der Waals surface area contributed by atoms with Crippen LogP contribution in [-0.2, 0) is 0 Å². The summed E-state index contributed by atoms with van der Waals surface area (Å²) in [6.45, 7) is 0. The molecule has 0 bridgehead atoms. The number of fused-ring (bicyclic) bond motifs is 1. The standard InChI is InChI=1S/C18H15N5O2S/c1-24-14-8-13(9-15(10-14)25-2)17-20-21-18-23(17)22-16(26-18)6-5-12-4-3-7-19-11-12/h3-11H,1-2H3. The summed E-state index contributed by atoms with van der Waals surface area (Å²) in [6.07, 6.45) is 7.44. The van der Waals surface area contributed by atoms with Gasteiger partial charge in [-0.2, -0.15) is 9.61 Å². The van der Waals surface area contributed by atoms with Crippen molar-refractivity contribution in [1.29, 1.82) is 0 Å². The van der Waals surface area contributed by atoms with Gasteiger partial charge in [0.25, 0.3) is 0 Å². The Balaban J connectivity index is 1.72. The predicted molar refractivity (Wildman–Crippen MR) is 100 cm³/mol. The average Bonchev–Trinajstić information content (AvgIpc) is 3.27. The highest BCUT2D eigenvalue weighted by Gasteiger charge is 2.14.